The number of hydrogen-bond acceptors (Lipinski definition) is 3. The van der Waals surface area contributed by atoms with E-state index in [4.69, 9.17) is 0 Å². The Morgan fingerprint density at radius 2 is 2.19 bits per heavy atom. The van der Waals surface area contributed by atoms with Gasteiger partial charge in [0, 0.05) is 49.6 Å². The van der Waals surface area contributed by atoms with Crippen LogP contribution in [0, 0.1) is 0 Å². The summed E-state index contributed by atoms with van der Waals surface area (Å²) in [5.74, 6) is 1.26. The lowest BCUT2D eigenvalue weighted by atomic mass is 10.1. The van der Waals surface area contributed by atoms with Gasteiger partial charge in [-0.25, -0.2) is 0 Å². The highest BCUT2D eigenvalue weighted by Gasteiger charge is 2.28. The zero-order valence-corrected chi connectivity index (χ0v) is 15.2. The van der Waals surface area contributed by atoms with Gasteiger partial charge < -0.3 is 14.5 Å². The minimum absolute atomic E-state index is 0.274. The minimum atomic E-state index is 0.274. The van der Waals surface area contributed by atoms with Crippen molar-refractivity contribution in [2.24, 2.45) is 7.05 Å². The summed E-state index contributed by atoms with van der Waals surface area (Å²) in [5.41, 5.74) is 2.36. The zero-order chi connectivity index (χ0) is 17.9. The molecule has 6 nitrogen and oxygen atoms in total. The second kappa shape index (κ2) is 7.32. The van der Waals surface area contributed by atoms with Crippen LogP contribution in [-0.2, 0) is 24.7 Å². The van der Waals surface area contributed by atoms with Gasteiger partial charge >= 0.3 is 0 Å². The van der Waals surface area contributed by atoms with Crippen molar-refractivity contribution in [3.8, 4) is 0 Å². The van der Waals surface area contributed by atoms with Crippen molar-refractivity contribution in [3.63, 3.8) is 0 Å². The number of hydrogen-bond donors (Lipinski definition) is 1. The van der Waals surface area contributed by atoms with Crippen LogP contribution in [0.1, 0.15) is 37.1 Å². The summed E-state index contributed by atoms with van der Waals surface area (Å²) in [6.45, 7) is 0.885. The minimum Gasteiger partial charge on any atom is -0.361 e. The Kier molecular flexibility index (Phi) is 4.73. The molecule has 2 aromatic heterocycles. The van der Waals surface area contributed by atoms with E-state index < -0.39 is 0 Å². The van der Waals surface area contributed by atoms with Gasteiger partial charge in [-0.2, -0.15) is 0 Å². The van der Waals surface area contributed by atoms with E-state index in [1.165, 1.54) is 10.9 Å². The normalized spacial score (nSPS) is 17.3. The first-order chi connectivity index (χ1) is 12.7. The van der Waals surface area contributed by atoms with Gasteiger partial charge in [0.2, 0.25) is 5.91 Å². The van der Waals surface area contributed by atoms with Crippen LogP contribution in [0.4, 0.5) is 0 Å². The number of nitrogens with zero attached hydrogens (tertiary/aromatic N) is 4. The molecule has 1 unspecified atom stereocenters. The van der Waals surface area contributed by atoms with Crippen molar-refractivity contribution in [1.82, 2.24) is 24.6 Å². The topological polar surface area (TPSA) is 66.8 Å². The lowest BCUT2D eigenvalue weighted by molar-refractivity contribution is -0.132. The van der Waals surface area contributed by atoms with E-state index >= 15 is 0 Å². The first-order valence-electron chi connectivity index (χ1n) is 9.39. The van der Waals surface area contributed by atoms with Gasteiger partial charge in [0.15, 0.2) is 0 Å². The molecular weight excluding hydrogens is 326 g/mol. The van der Waals surface area contributed by atoms with Crippen molar-refractivity contribution in [3.05, 3.63) is 48.2 Å². The summed E-state index contributed by atoms with van der Waals surface area (Å²) in [6, 6.07) is 8.60. The van der Waals surface area contributed by atoms with E-state index in [1.54, 1.807) is 6.33 Å². The number of aromatic nitrogens is 4. The molecule has 6 heteroatoms. The predicted octanol–water partition coefficient (Wildman–Crippen LogP) is 2.85. The maximum Gasteiger partial charge on any atom is 0.223 e. The largest absolute Gasteiger partial charge is 0.361 e. The summed E-state index contributed by atoms with van der Waals surface area (Å²) in [7, 11) is 1.97. The Labute approximate surface area is 153 Å². The molecule has 0 spiro atoms. The molecule has 1 atom stereocenters. The number of carbonyl (C=O) groups excluding carboxylic acids is 1. The lowest BCUT2D eigenvalue weighted by Gasteiger charge is -2.24. The fourth-order valence-corrected chi connectivity index (χ4v) is 4.02. The van der Waals surface area contributed by atoms with Crippen molar-refractivity contribution in [2.75, 3.05) is 6.54 Å². The molecule has 1 aromatic carbocycles. The van der Waals surface area contributed by atoms with Crippen LogP contribution in [-0.4, -0.2) is 43.1 Å². The van der Waals surface area contributed by atoms with Gasteiger partial charge in [-0.1, -0.05) is 18.2 Å². The molecule has 3 heterocycles. The molecule has 1 aliphatic rings. The number of H-pyrrole nitrogens is 1. The summed E-state index contributed by atoms with van der Waals surface area (Å²) in [4.78, 5) is 18.2. The van der Waals surface area contributed by atoms with E-state index in [9.17, 15) is 4.79 Å². The van der Waals surface area contributed by atoms with Crippen LogP contribution in [0.2, 0.25) is 0 Å². The molecule has 4 rings (SSSR count). The zero-order valence-electron chi connectivity index (χ0n) is 15.2. The van der Waals surface area contributed by atoms with Crippen LogP contribution in [0.25, 0.3) is 10.9 Å². The van der Waals surface area contributed by atoms with Gasteiger partial charge in [0.25, 0.3) is 0 Å². The molecule has 1 fully saturated rings. The quantitative estimate of drug-likeness (QED) is 0.742. The second-order valence-electron chi connectivity index (χ2n) is 7.14. The molecule has 3 aromatic rings. The van der Waals surface area contributed by atoms with Crippen LogP contribution in [0.15, 0.2) is 36.8 Å². The molecule has 1 saturated heterocycles. The maximum atomic E-state index is 12.8. The van der Waals surface area contributed by atoms with Crippen molar-refractivity contribution < 1.29 is 4.79 Å². The third kappa shape index (κ3) is 3.36. The van der Waals surface area contributed by atoms with Crippen LogP contribution in [0.3, 0.4) is 0 Å². The Balaban J connectivity index is 1.35. The second-order valence-corrected chi connectivity index (χ2v) is 7.14. The van der Waals surface area contributed by atoms with Gasteiger partial charge in [-0.15, -0.1) is 10.2 Å². The first kappa shape index (κ1) is 16.8. The molecule has 0 radical (unpaired) electrons. The van der Waals surface area contributed by atoms with Crippen LogP contribution >= 0.6 is 0 Å². The number of aryl methyl sites for hydroxylation is 3. The molecule has 0 bridgehead atoms. The number of fused-ring (bicyclic) bond motifs is 1. The number of nitrogens with one attached hydrogen (secondary N) is 1. The summed E-state index contributed by atoms with van der Waals surface area (Å²) < 4.78 is 1.96. The van der Waals surface area contributed by atoms with Gasteiger partial charge in [-0.3, -0.25) is 4.79 Å². The molecule has 136 valence electrons. The van der Waals surface area contributed by atoms with Crippen molar-refractivity contribution in [2.45, 2.75) is 44.6 Å². The SMILES string of the molecule is Cn1cnnc1CCC1CCCN1C(=O)CCc1c[nH]c2ccccc12. The summed E-state index contributed by atoms with van der Waals surface area (Å²) in [5, 5.41) is 9.31. The molecule has 0 aliphatic carbocycles. The molecule has 26 heavy (non-hydrogen) atoms. The van der Waals surface area contributed by atoms with E-state index in [0.717, 1.165) is 50.0 Å². The number of aromatic amines is 1. The number of benzene rings is 1. The molecule has 1 aliphatic heterocycles. The molecule has 1 N–H and O–H groups in total. The Bertz CT molecular complexity index is 896. The fourth-order valence-electron chi connectivity index (χ4n) is 4.02. The van der Waals surface area contributed by atoms with E-state index in [0.29, 0.717) is 12.5 Å². The lowest BCUT2D eigenvalue weighted by Crippen LogP contribution is -2.36. The Morgan fingerprint density at radius 1 is 1.31 bits per heavy atom. The summed E-state index contributed by atoms with van der Waals surface area (Å²) >= 11 is 0. The molecule has 1 amide bonds. The fraction of sp³-hybridized carbons (Fsp3) is 0.450. The van der Waals surface area contributed by atoms with Crippen LogP contribution in [0.5, 0.6) is 0 Å². The standard InChI is InChI=1S/C20H25N5O/c1-24-14-22-23-19(24)10-9-16-5-4-12-25(16)20(26)11-8-15-13-21-18-7-3-2-6-17(15)18/h2-3,6-7,13-14,16,21H,4-5,8-12H2,1H3. The van der Waals surface area contributed by atoms with Gasteiger partial charge in [0.1, 0.15) is 12.2 Å². The van der Waals surface area contributed by atoms with E-state index in [1.807, 2.05) is 29.9 Å². The number of para-hydroxylation sites is 1. The smallest absolute Gasteiger partial charge is 0.223 e. The van der Waals surface area contributed by atoms with Gasteiger partial charge in [-0.05, 0) is 37.3 Å². The molecular formula is C20H25N5O. The third-order valence-corrected chi connectivity index (χ3v) is 5.49. The average Bonchev–Trinajstić information content (AvgIpc) is 3.38. The van der Waals surface area contributed by atoms with Crippen molar-refractivity contribution in [1.29, 1.82) is 0 Å². The highest BCUT2D eigenvalue weighted by atomic mass is 16.2. The van der Waals surface area contributed by atoms with E-state index in [2.05, 4.69) is 32.2 Å². The van der Waals surface area contributed by atoms with Gasteiger partial charge in [0.05, 0.1) is 0 Å². The number of amides is 1. The number of likely N-dealkylation sites (tertiary alicyclic amines) is 1. The first-order valence-corrected chi connectivity index (χ1v) is 9.39. The number of carbonyl (C=O) groups is 1. The van der Waals surface area contributed by atoms with Crippen molar-refractivity contribution >= 4 is 16.8 Å². The Hall–Kier alpha value is -2.63. The Morgan fingerprint density at radius 3 is 3.04 bits per heavy atom. The average molecular weight is 351 g/mol. The highest BCUT2D eigenvalue weighted by Crippen LogP contribution is 2.24. The maximum absolute atomic E-state index is 12.8. The monoisotopic (exact) mass is 351 g/mol. The summed E-state index contributed by atoms with van der Waals surface area (Å²) in [6.07, 6.45) is 9.15. The highest BCUT2D eigenvalue weighted by molar-refractivity contribution is 5.84. The van der Waals surface area contributed by atoms with E-state index in [-0.39, 0.29) is 5.91 Å². The number of rotatable bonds is 6. The van der Waals surface area contributed by atoms with Crippen LogP contribution < -0.4 is 0 Å². The third-order valence-electron chi connectivity index (χ3n) is 5.49. The molecule has 0 saturated carbocycles. The predicted molar refractivity (Wildman–Crippen MR) is 101 cm³/mol.